The molecule has 1 saturated heterocycles. The predicted octanol–water partition coefficient (Wildman–Crippen LogP) is 4.80. The summed E-state index contributed by atoms with van der Waals surface area (Å²) in [7, 11) is 0. The van der Waals surface area contributed by atoms with Crippen LogP contribution < -0.4 is 0 Å². The van der Waals surface area contributed by atoms with Gasteiger partial charge in [0.15, 0.2) is 0 Å². The molecule has 3 rings (SSSR count). The average molecular weight is 375 g/mol. The van der Waals surface area contributed by atoms with Gasteiger partial charge in [0, 0.05) is 11.4 Å². The van der Waals surface area contributed by atoms with Gasteiger partial charge in [0.05, 0.1) is 0 Å². The van der Waals surface area contributed by atoms with E-state index < -0.39 is 5.41 Å². The number of ether oxygens (including phenoxy) is 1. The molecule has 0 radical (unpaired) electrons. The van der Waals surface area contributed by atoms with Crippen LogP contribution in [0.25, 0.3) is 0 Å². The topological polar surface area (TPSA) is 26.3 Å². The Balaban J connectivity index is 2.05. The molecule has 0 N–H and O–H groups in total. The van der Waals surface area contributed by atoms with E-state index in [1.54, 1.807) is 17.1 Å². The van der Waals surface area contributed by atoms with Crippen LogP contribution in [0.4, 0.5) is 4.39 Å². The Bertz CT molecular complexity index is 750. The molecular weight excluding hydrogens is 359 g/mol. The van der Waals surface area contributed by atoms with Crippen molar-refractivity contribution in [2.75, 3.05) is 0 Å². The fraction of sp³-hybridized carbons (Fsp3) is 0.211. The first-order valence-corrected chi connectivity index (χ1v) is 8.28. The molecule has 0 unspecified atom stereocenters. The molecule has 2 aromatic rings. The summed E-state index contributed by atoms with van der Waals surface area (Å²) in [6.45, 7) is 2.02. The molecule has 2 aromatic carbocycles. The molecule has 0 aliphatic carbocycles. The molecule has 0 bridgehead atoms. The molecule has 1 aliphatic rings. The third-order valence-corrected chi connectivity index (χ3v) is 4.75. The van der Waals surface area contributed by atoms with E-state index in [1.165, 1.54) is 17.7 Å². The van der Waals surface area contributed by atoms with Gasteiger partial charge in [-0.3, -0.25) is 4.79 Å². The van der Waals surface area contributed by atoms with Crippen molar-refractivity contribution in [3.63, 3.8) is 0 Å². The zero-order valence-corrected chi connectivity index (χ0v) is 14.3. The smallest absolute Gasteiger partial charge is 0.322 e. The molecule has 0 amide bonds. The third-order valence-electron chi connectivity index (χ3n) is 4.24. The predicted molar refractivity (Wildman–Crippen MR) is 90.7 cm³/mol. The summed E-state index contributed by atoms with van der Waals surface area (Å²) < 4.78 is 18.7. The lowest BCUT2D eigenvalue weighted by molar-refractivity contribution is -0.140. The highest BCUT2D eigenvalue weighted by molar-refractivity contribution is 9.11. The molecule has 23 heavy (non-hydrogen) atoms. The van der Waals surface area contributed by atoms with E-state index in [0.717, 1.165) is 11.1 Å². The van der Waals surface area contributed by atoms with Crippen molar-refractivity contribution in [1.29, 1.82) is 0 Å². The zero-order valence-electron chi connectivity index (χ0n) is 12.7. The highest BCUT2D eigenvalue weighted by Crippen LogP contribution is 2.42. The Morgan fingerprint density at radius 1 is 1.17 bits per heavy atom. The summed E-state index contributed by atoms with van der Waals surface area (Å²) in [5.41, 5.74) is 2.17. The van der Waals surface area contributed by atoms with E-state index in [4.69, 9.17) is 4.74 Å². The summed E-state index contributed by atoms with van der Waals surface area (Å²) in [5, 5.41) is 0. The van der Waals surface area contributed by atoms with Crippen molar-refractivity contribution < 1.29 is 13.9 Å². The van der Waals surface area contributed by atoms with Crippen LogP contribution in [0.15, 0.2) is 59.3 Å². The molecule has 1 atom stereocenters. The van der Waals surface area contributed by atoms with Crippen molar-refractivity contribution in [3.8, 4) is 0 Å². The summed E-state index contributed by atoms with van der Waals surface area (Å²) in [6, 6.07) is 14.2. The van der Waals surface area contributed by atoms with Crippen LogP contribution in [0.3, 0.4) is 0 Å². The summed E-state index contributed by atoms with van der Waals surface area (Å²) >= 11 is 3.24. The first kappa shape index (κ1) is 15.9. The van der Waals surface area contributed by atoms with Gasteiger partial charge < -0.3 is 4.74 Å². The molecule has 1 fully saturated rings. The van der Waals surface area contributed by atoms with Crippen LogP contribution in [0, 0.1) is 12.7 Å². The van der Waals surface area contributed by atoms with Crippen molar-refractivity contribution in [1.82, 2.24) is 0 Å². The second kappa shape index (κ2) is 6.28. The van der Waals surface area contributed by atoms with E-state index in [9.17, 15) is 9.18 Å². The summed E-state index contributed by atoms with van der Waals surface area (Å²) in [4.78, 5) is 14.3. The monoisotopic (exact) mass is 374 g/mol. The van der Waals surface area contributed by atoms with Gasteiger partial charge in [-0.15, -0.1) is 0 Å². The molecule has 0 spiro atoms. The van der Waals surface area contributed by atoms with Gasteiger partial charge in [0.2, 0.25) is 0 Å². The number of carbonyl (C=O) groups excluding carboxylic acids is 1. The van der Waals surface area contributed by atoms with E-state index in [-0.39, 0.29) is 11.8 Å². The summed E-state index contributed by atoms with van der Waals surface area (Å²) in [5.74, 6) is -0.0244. The van der Waals surface area contributed by atoms with Crippen molar-refractivity contribution in [2.24, 2.45) is 0 Å². The Morgan fingerprint density at radius 3 is 2.39 bits per heavy atom. The van der Waals surface area contributed by atoms with Crippen LogP contribution in [0.1, 0.15) is 23.1 Å². The van der Waals surface area contributed by atoms with Gasteiger partial charge in [0.1, 0.15) is 17.0 Å². The maximum Gasteiger partial charge on any atom is 0.322 e. The van der Waals surface area contributed by atoms with Crippen molar-refractivity contribution in [2.45, 2.75) is 25.2 Å². The molecule has 118 valence electrons. The number of esters is 1. The quantitative estimate of drug-likeness (QED) is 0.721. The van der Waals surface area contributed by atoms with Crippen LogP contribution in [-0.4, -0.2) is 5.97 Å². The number of hydrogen-bond acceptors (Lipinski definition) is 2. The lowest BCUT2D eigenvalue weighted by atomic mass is 9.74. The summed E-state index contributed by atoms with van der Waals surface area (Å²) in [6.07, 6.45) is 0.971. The number of allylic oxidation sites excluding steroid dienone is 1. The molecule has 1 aliphatic heterocycles. The maximum absolute atomic E-state index is 13.3. The standard InChI is InChI=1S/C19H16BrFO2/c1-13-2-4-14(5-3-13)10-19(11-17(12-20)23-18(19)22)15-6-8-16(21)9-7-15/h2-9,12H,10-11H2,1H3/b17-12-/t19-/m1/s1. The largest absolute Gasteiger partial charge is 0.430 e. The Kier molecular flexibility index (Phi) is 4.35. The fourth-order valence-electron chi connectivity index (χ4n) is 2.96. The average Bonchev–Trinajstić information content (AvgIpc) is 2.87. The van der Waals surface area contributed by atoms with Crippen LogP contribution in [0.5, 0.6) is 0 Å². The van der Waals surface area contributed by atoms with E-state index in [2.05, 4.69) is 15.9 Å². The SMILES string of the molecule is Cc1ccc(C[C@]2(c3ccc(F)cc3)C/C(=C/Br)OC2=O)cc1. The highest BCUT2D eigenvalue weighted by Gasteiger charge is 2.48. The van der Waals surface area contributed by atoms with Crippen molar-refractivity contribution >= 4 is 21.9 Å². The Morgan fingerprint density at radius 2 is 1.83 bits per heavy atom. The van der Waals surface area contributed by atoms with Gasteiger partial charge >= 0.3 is 5.97 Å². The molecule has 2 nitrogen and oxygen atoms in total. The first-order valence-electron chi connectivity index (χ1n) is 7.37. The second-order valence-electron chi connectivity index (χ2n) is 5.89. The van der Waals surface area contributed by atoms with E-state index in [1.807, 2.05) is 31.2 Å². The first-order chi connectivity index (χ1) is 11.0. The van der Waals surface area contributed by atoms with Gasteiger partial charge in [-0.25, -0.2) is 4.39 Å². The lowest BCUT2D eigenvalue weighted by Gasteiger charge is -2.25. The Hall–Kier alpha value is -1.94. The van der Waals surface area contributed by atoms with E-state index >= 15 is 0 Å². The van der Waals surface area contributed by atoms with Gasteiger partial charge in [0.25, 0.3) is 0 Å². The molecule has 0 aromatic heterocycles. The zero-order chi connectivity index (χ0) is 16.4. The van der Waals surface area contributed by atoms with Gasteiger partial charge in [-0.1, -0.05) is 57.9 Å². The van der Waals surface area contributed by atoms with E-state index in [0.29, 0.717) is 18.6 Å². The number of cyclic esters (lactones) is 1. The molecular formula is C19H16BrFO2. The van der Waals surface area contributed by atoms with Crippen LogP contribution >= 0.6 is 15.9 Å². The molecule has 4 heteroatoms. The minimum Gasteiger partial charge on any atom is -0.430 e. The Labute approximate surface area is 143 Å². The number of aryl methyl sites for hydroxylation is 1. The highest BCUT2D eigenvalue weighted by atomic mass is 79.9. The normalized spacial score (nSPS) is 22.4. The van der Waals surface area contributed by atoms with Gasteiger partial charge in [-0.2, -0.15) is 0 Å². The fourth-order valence-corrected chi connectivity index (χ4v) is 3.22. The third kappa shape index (κ3) is 3.08. The van der Waals surface area contributed by atoms with Crippen molar-refractivity contribution in [3.05, 3.63) is 81.8 Å². The minimum atomic E-state index is -0.817. The number of hydrogen-bond donors (Lipinski definition) is 0. The number of rotatable bonds is 3. The lowest BCUT2D eigenvalue weighted by Crippen LogP contribution is -2.34. The van der Waals surface area contributed by atoms with Gasteiger partial charge in [-0.05, 0) is 36.6 Å². The van der Waals surface area contributed by atoms with Crippen LogP contribution in [-0.2, 0) is 21.4 Å². The maximum atomic E-state index is 13.3. The second-order valence-corrected chi connectivity index (χ2v) is 6.35. The molecule has 0 saturated carbocycles. The van der Waals surface area contributed by atoms with Crippen LogP contribution in [0.2, 0.25) is 0 Å². The molecule has 1 heterocycles. The number of carbonyl (C=O) groups is 1. The number of benzene rings is 2. The number of halogens is 2. The minimum absolute atomic E-state index is 0.296.